The van der Waals surface area contributed by atoms with Gasteiger partial charge in [-0.25, -0.2) is 5.01 Å². The van der Waals surface area contributed by atoms with Crippen molar-refractivity contribution < 1.29 is 22.7 Å². The summed E-state index contributed by atoms with van der Waals surface area (Å²) in [4.78, 5) is 12.1. The van der Waals surface area contributed by atoms with Crippen molar-refractivity contribution in [3.63, 3.8) is 0 Å². The minimum Gasteiger partial charge on any atom is -0.494 e. The molecule has 1 N–H and O–H groups in total. The third-order valence-electron chi connectivity index (χ3n) is 4.68. The summed E-state index contributed by atoms with van der Waals surface area (Å²) in [6, 6.07) is 8.13. The molecular formula is C20H23F3N2O2. The smallest absolute Gasteiger partial charge is 0.409 e. The van der Waals surface area contributed by atoms with Crippen molar-refractivity contribution in [2.75, 3.05) is 13.2 Å². The van der Waals surface area contributed by atoms with Crippen molar-refractivity contribution in [2.45, 2.75) is 39.4 Å². The molecule has 0 radical (unpaired) electrons. The van der Waals surface area contributed by atoms with E-state index < -0.39 is 23.5 Å². The Kier molecular flexibility index (Phi) is 5.08. The summed E-state index contributed by atoms with van der Waals surface area (Å²) in [5, 5.41) is 2.15. The Bertz CT molecular complexity index is 849. The first-order valence-electron chi connectivity index (χ1n) is 8.93. The van der Waals surface area contributed by atoms with E-state index in [9.17, 15) is 18.0 Å². The van der Waals surface area contributed by atoms with Gasteiger partial charge in [0.15, 0.2) is 6.04 Å². The van der Waals surface area contributed by atoms with Crippen LogP contribution in [0.4, 0.5) is 13.2 Å². The first-order chi connectivity index (χ1) is 12.6. The molecule has 0 unspecified atom stereocenters. The molecule has 0 saturated carbocycles. The van der Waals surface area contributed by atoms with Crippen LogP contribution in [0.1, 0.15) is 38.8 Å². The molecule has 4 nitrogen and oxygen atoms in total. The Morgan fingerprint density at radius 3 is 2.56 bits per heavy atom. The molecule has 146 valence electrons. The van der Waals surface area contributed by atoms with E-state index in [0.717, 1.165) is 11.4 Å². The lowest BCUT2D eigenvalue weighted by Gasteiger charge is -2.31. The predicted molar refractivity (Wildman–Crippen MR) is 97.2 cm³/mol. The lowest BCUT2D eigenvalue weighted by molar-refractivity contribution is -0.191. The van der Waals surface area contributed by atoms with Crippen molar-refractivity contribution in [2.24, 2.45) is 5.41 Å². The second-order valence-electron chi connectivity index (χ2n) is 7.48. The molecule has 0 aromatic heterocycles. The number of benzene rings is 2. The third-order valence-corrected chi connectivity index (χ3v) is 4.68. The molecule has 1 fully saturated rings. The molecule has 2 aromatic rings. The number of nitrogens with zero attached hydrogens (tertiary/aromatic N) is 1. The average molecular weight is 380 g/mol. The SMILES string of the molecule is CCCOc1cc([C@H](N2CC(C)(C)C(=O)N2)C(F)(F)F)c2ccccc2c1. The number of hydrazine groups is 1. The maximum atomic E-state index is 14.1. The summed E-state index contributed by atoms with van der Waals surface area (Å²) < 4.78 is 48.0. The van der Waals surface area contributed by atoms with E-state index >= 15 is 0 Å². The van der Waals surface area contributed by atoms with Crippen LogP contribution >= 0.6 is 0 Å². The highest BCUT2D eigenvalue weighted by molar-refractivity contribution is 5.88. The minimum atomic E-state index is -4.57. The van der Waals surface area contributed by atoms with Crippen LogP contribution in [0.3, 0.4) is 0 Å². The Labute approximate surface area is 156 Å². The van der Waals surface area contributed by atoms with Gasteiger partial charge in [0, 0.05) is 6.54 Å². The first kappa shape index (κ1) is 19.5. The maximum Gasteiger partial charge on any atom is 0.409 e. The molecule has 27 heavy (non-hydrogen) atoms. The van der Waals surface area contributed by atoms with Gasteiger partial charge in [0.25, 0.3) is 0 Å². The summed E-state index contributed by atoms with van der Waals surface area (Å²) in [6.07, 6.45) is -3.82. The van der Waals surface area contributed by atoms with E-state index in [1.165, 1.54) is 6.07 Å². The van der Waals surface area contributed by atoms with Gasteiger partial charge < -0.3 is 4.74 Å². The van der Waals surface area contributed by atoms with E-state index in [-0.39, 0.29) is 12.1 Å². The topological polar surface area (TPSA) is 41.6 Å². The molecule has 1 heterocycles. The fraction of sp³-hybridized carbons (Fsp3) is 0.450. The summed E-state index contributed by atoms with van der Waals surface area (Å²) in [5.74, 6) is -0.0240. The second-order valence-corrected chi connectivity index (χ2v) is 7.48. The fourth-order valence-electron chi connectivity index (χ4n) is 3.34. The predicted octanol–water partition coefficient (Wildman–Crippen LogP) is 4.61. The minimum absolute atomic E-state index is 0.0373. The molecule has 1 aliphatic rings. The summed E-state index contributed by atoms with van der Waals surface area (Å²) in [6.45, 7) is 5.58. The van der Waals surface area contributed by atoms with Crippen LogP contribution in [-0.2, 0) is 4.79 Å². The zero-order valence-corrected chi connectivity index (χ0v) is 15.6. The van der Waals surface area contributed by atoms with Crippen LogP contribution in [0, 0.1) is 5.41 Å². The van der Waals surface area contributed by atoms with Crippen LogP contribution < -0.4 is 10.2 Å². The van der Waals surface area contributed by atoms with Crippen molar-refractivity contribution >= 4 is 16.7 Å². The number of carbonyl (C=O) groups excluding carboxylic acids is 1. The number of fused-ring (bicyclic) bond motifs is 1. The number of nitrogens with one attached hydrogen (secondary N) is 1. The lowest BCUT2D eigenvalue weighted by atomic mass is 9.93. The molecule has 1 amide bonds. The highest BCUT2D eigenvalue weighted by atomic mass is 19.4. The highest BCUT2D eigenvalue weighted by Crippen LogP contribution is 2.44. The number of ether oxygens (including phenoxy) is 1. The Morgan fingerprint density at radius 2 is 1.96 bits per heavy atom. The van der Waals surface area contributed by atoms with Gasteiger partial charge in [-0.3, -0.25) is 10.2 Å². The normalized spacial score (nSPS) is 18.5. The molecule has 0 aliphatic carbocycles. The number of alkyl halides is 3. The maximum absolute atomic E-state index is 14.1. The molecule has 7 heteroatoms. The molecule has 0 spiro atoms. The van der Waals surface area contributed by atoms with E-state index in [2.05, 4.69) is 5.43 Å². The molecule has 1 saturated heterocycles. The lowest BCUT2D eigenvalue weighted by Crippen LogP contribution is -2.43. The monoisotopic (exact) mass is 380 g/mol. The fourth-order valence-corrected chi connectivity index (χ4v) is 3.34. The number of amides is 1. The second kappa shape index (κ2) is 7.03. The van der Waals surface area contributed by atoms with Crippen LogP contribution in [-0.4, -0.2) is 30.2 Å². The highest BCUT2D eigenvalue weighted by Gasteiger charge is 2.51. The van der Waals surface area contributed by atoms with Crippen molar-refractivity contribution in [1.82, 2.24) is 10.4 Å². The number of carbonyl (C=O) groups is 1. The largest absolute Gasteiger partial charge is 0.494 e. The molecule has 0 bridgehead atoms. The summed E-state index contributed by atoms with van der Waals surface area (Å²) >= 11 is 0. The Morgan fingerprint density at radius 1 is 1.26 bits per heavy atom. The van der Waals surface area contributed by atoms with E-state index in [1.54, 1.807) is 44.2 Å². The van der Waals surface area contributed by atoms with Gasteiger partial charge in [-0.05, 0) is 48.7 Å². The summed E-state index contributed by atoms with van der Waals surface area (Å²) in [5.41, 5.74) is 1.59. The quantitative estimate of drug-likeness (QED) is 0.824. The standard InChI is InChI=1S/C20H23F3N2O2/c1-4-9-27-14-10-13-7-5-6-8-15(13)16(11-14)17(20(21,22)23)25-12-19(2,3)18(26)24-25/h5-8,10-11,17H,4,9,12H2,1-3H3,(H,24,26)/t17-/m0/s1. The number of rotatable bonds is 5. The van der Waals surface area contributed by atoms with Crippen LogP contribution in [0.2, 0.25) is 0 Å². The van der Waals surface area contributed by atoms with E-state index in [4.69, 9.17) is 4.74 Å². The van der Waals surface area contributed by atoms with Crippen LogP contribution in [0.25, 0.3) is 10.8 Å². The van der Waals surface area contributed by atoms with Gasteiger partial charge in [-0.15, -0.1) is 0 Å². The van der Waals surface area contributed by atoms with Gasteiger partial charge in [0.2, 0.25) is 5.91 Å². The van der Waals surface area contributed by atoms with Crippen LogP contribution in [0.5, 0.6) is 5.75 Å². The number of halogens is 3. The molecule has 2 aromatic carbocycles. The Balaban J connectivity index is 2.14. The van der Waals surface area contributed by atoms with Crippen molar-refractivity contribution in [3.8, 4) is 5.75 Å². The van der Waals surface area contributed by atoms with Crippen molar-refractivity contribution in [3.05, 3.63) is 42.0 Å². The van der Waals surface area contributed by atoms with Gasteiger partial charge in [-0.1, -0.05) is 31.2 Å². The van der Waals surface area contributed by atoms with E-state index in [1.807, 2.05) is 6.92 Å². The van der Waals surface area contributed by atoms with Gasteiger partial charge in [0.05, 0.1) is 12.0 Å². The zero-order chi connectivity index (χ0) is 19.8. The van der Waals surface area contributed by atoms with Gasteiger partial charge >= 0.3 is 6.18 Å². The van der Waals surface area contributed by atoms with Crippen LogP contribution in [0.15, 0.2) is 36.4 Å². The average Bonchev–Trinajstić information content (AvgIpc) is 2.84. The third kappa shape index (κ3) is 3.88. The zero-order valence-electron chi connectivity index (χ0n) is 15.6. The number of hydrogen-bond acceptors (Lipinski definition) is 3. The first-order valence-corrected chi connectivity index (χ1v) is 8.93. The summed E-state index contributed by atoms with van der Waals surface area (Å²) in [7, 11) is 0. The molecule has 3 rings (SSSR count). The Hall–Kier alpha value is -2.28. The van der Waals surface area contributed by atoms with E-state index in [0.29, 0.717) is 23.1 Å². The van der Waals surface area contributed by atoms with Gasteiger partial charge in [-0.2, -0.15) is 13.2 Å². The van der Waals surface area contributed by atoms with Crippen molar-refractivity contribution in [1.29, 1.82) is 0 Å². The molecular weight excluding hydrogens is 357 g/mol. The number of hydrogen-bond donors (Lipinski definition) is 1. The molecule has 1 atom stereocenters. The van der Waals surface area contributed by atoms with Gasteiger partial charge in [0.1, 0.15) is 5.75 Å². The molecule has 1 aliphatic heterocycles.